The van der Waals surface area contributed by atoms with Gasteiger partial charge in [0.15, 0.2) is 12.4 Å². The summed E-state index contributed by atoms with van der Waals surface area (Å²) in [6, 6.07) is 0. The van der Waals surface area contributed by atoms with Crippen LogP contribution in [0.4, 0.5) is 0 Å². The maximum atomic E-state index is 4.36. The Morgan fingerprint density at radius 3 is 1.40 bits per heavy atom. The van der Waals surface area contributed by atoms with Crippen LogP contribution in [0.2, 0.25) is 0 Å². The van der Waals surface area contributed by atoms with Crippen LogP contribution < -0.4 is 0 Å². The molecular weight excluding hydrogens is 304 g/mol. The predicted molar refractivity (Wildman–Crippen MR) is 114 cm³/mol. The maximum Gasteiger partial charge on any atom is 0.243 e. The van der Waals surface area contributed by atoms with Gasteiger partial charge in [-0.05, 0) is 12.8 Å². The van der Waals surface area contributed by atoms with E-state index in [-0.39, 0.29) is 0 Å². The molecule has 0 aliphatic carbocycles. The van der Waals surface area contributed by atoms with Crippen LogP contribution in [0.1, 0.15) is 123 Å². The number of hydrogen-bond acceptors (Lipinski definition) is 2. The quantitative estimate of drug-likeness (QED) is 0.178. The van der Waals surface area contributed by atoms with E-state index in [2.05, 4.69) is 23.8 Å². The molecule has 2 heteroatoms. The van der Waals surface area contributed by atoms with E-state index in [1.807, 2.05) is 12.4 Å². The molecule has 0 spiro atoms. The van der Waals surface area contributed by atoms with Crippen LogP contribution in [0.25, 0.3) is 0 Å². The standard InChI is InChI=1S/C23H43N2/c1-3-5-6-7-8-9-10-11-12-13-14-15-16-17-18-19-22(4-2)23-24-20-21-25-23/h20-22H,3-19H2,1-2H3/q+1. The number of hydrogen-bond donors (Lipinski definition) is 0. The van der Waals surface area contributed by atoms with Crippen molar-refractivity contribution < 1.29 is 0 Å². The second-order valence-electron chi connectivity index (χ2n) is 7.76. The minimum atomic E-state index is 0.581. The summed E-state index contributed by atoms with van der Waals surface area (Å²) < 4.78 is 0. The lowest BCUT2D eigenvalue weighted by atomic mass is 9.95. The van der Waals surface area contributed by atoms with E-state index in [1.54, 1.807) is 0 Å². The average Bonchev–Trinajstić information content (AvgIpc) is 3.16. The molecule has 1 atom stereocenters. The molecule has 1 aliphatic heterocycles. The van der Waals surface area contributed by atoms with Crippen molar-refractivity contribution in [1.82, 2.24) is 0 Å². The third kappa shape index (κ3) is 12.2. The van der Waals surface area contributed by atoms with Gasteiger partial charge in [-0.1, -0.05) is 120 Å². The van der Waals surface area contributed by atoms with Crippen molar-refractivity contribution in [3.63, 3.8) is 0 Å². The Kier molecular flexibility index (Phi) is 14.8. The molecule has 0 bridgehead atoms. The van der Waals surface area contributed by atoms with Crippen LogP contribution in [-0.2, 0) is 0 Å². The van der Waals surface area contributed by atoms with E-state index in [9.17, 15) is 0 Å². The molecule has 0 saturated carbocycles. The fourth-order valence-electron chi connectivity index (χ4n) is 3.74. The first-order valence-electron chi connectivity index (χ1n) is 11.3. The highest BCUT2D eigenvalue weighted by Gasteiger charge is 2.26. The second-order valence-corrected chi connectivity index (χ2v) is 7.76. The van der Waals surface area contributed by atoms with E-state index in [0.29, 0.717) is 5.92 Å². The first kappa shape index (κ1) is 22.3. The molecule has 1 heterocycles. The average molecular weight is 348 g/mol. The van der Waals surface area contributed by atoms with Gasteiger partial charge >= 0.3 is 0 Å². The van der Waals surface area contributed by atoms with Crippen molar-refractivity contribution in [2.45, 2.75) is 123 Å². The highest BCUT2D eigenvalue weighted by molar-refractivity contribution is 6.18. The summed E-state index contributed by atoms with van der Waals surface area (Å²) in [7, 11) is 0. The molecule has 0 aromatic rings. The van der Waals surface area contributed by atoms with Gasteiger partial charge in [-0.2, -0.15) is 0 Å². The molecule has 1 rings (SSSR count). The lowest BCUT2D eigenvalue weighted by Crippen LogP contribution is -2.06. The predicted octanol–water partition coefficient (Wildman–Crippen LogP) is 7.92. The molecule has 25 heavy (non-hydrogen) atoms. The van der Waals surface area contributed by atoms with Crippen LogP contribution in [-0.4, -0.2) is 12.4 Å². The zero-order valence-electron chi connectivity index (χ0n) is 17.1. The van der Waals surface area contributed by atoms with Crippen molar-refractivity contribution in [3.05, 3.63) is 6.17 Å². The SMILES string of the molecule is CCCCCCCCCCCCCCCCCC(CC)[C+]1N=CC=N1. The van der Waals surface area contributed by atoms with E-state index < -0.39 is 0 Å². The van der Waals surface area contributed by atoms with Crippen LogP contribution >= 0.6 is 0 Å². The Morgan fingerprint density at radius 2 is 1.00 bits per heavy atom. The largest absolute Gasteiger partial charge is 0.243 e. The summed E-state index contributed by atoms with van der Waals surface area (Å²) in [5.74, 6) is 0.581. The highest BCUT2D eigenvalue weighted by Crippen LogP contribution is 2.28. The molecule has 0 N–H and O–H groups in total. The Balaban J connectivity index is 1.77. The smallest absolute Gasteiger partial charge is 0.0965 e. The molecule has 0 saturated heterocycles. The van der Waals surface area contributed by atoms with Gasteiger partial charge in [-0.15, -0.1) is 0 Å². The fraction of sp³-hybridized carbons (Fsp3) is 0.870. The molecule has 2 nitrogen and oxygen atoms in total. The van der Waals surface area contributed by atoms with Gasteiger partial charge in [0.2, 0.25) is 6.17 Å². The van der Waals surface area contributed by atoms with Crippen molar-refractivity contribution in [2.75, 3.05) is 0 Å². The van der Waals surface area contributed by atoms with Crippen LogP contribution in [0.5, 0.6) is 0 Å². The van der Waals surface area contributed by atoms with Gasteiger partial charge in [-0.25, -0.2) is 0 Å². The number of aliphatic imine (C=N–C) groups is 2. The first-order valence-corrected chi connectivity index (χ1v) is 11.3. The Bertz CT molecular complexity index is 323. The number of rotatable bonds is 18. The lowest BCUT2D eigenvalue weighted by molar-refractivity contribution is 0.444. The topological polar surface area (TPSA) is 24.7 Å². The molecule has 0 fully saturated rings. The Hall–Kier alpha value is -0.790. The van der Waals surface area contributed by atoms with E-state index in [0.717, 1.165) is 6.17 Å². The third-order valence-corrected chi connectivity index (χ3v) is 5.49. The maximum absolute atomic E-state index is 4.36. The number of unbranched alkanes of at least 4 members (excludes halogenated alkanes) is 14. The van der Waals surface area contributed by atoms with Gasteiger partial charge in [0, 0.05) is 0 Å². The summed E-state index contributed by atoms with van der Waals surface area (Å²) in [6.45, 7) is 4.55. The second kappa shape index (κ2) is 16.7. The molecule has 0 amide bonds. The number of nitrogens with zero attached hydrogens (tertiary/aromatic N) is 2. The normalized spacial score (nSPS) is 14.6. The summed E-state index contributed by atoms with van der Waals surface area (Å²) in [4.78, 5) is 8.73. The monoisotopic (exact) mass is 347 g/mol. The third-order valence-electron chi connectivity index (χ3n) is 5.49. The highest BCUT2D eigenvalue weighted by atomic mass is 15.0. The van der Waals surface area contributed by atoms with Crippen molar-refractivity contribution in [2.24, 2.45) is 15.9 Å². The van der Waals surface area contributed by atoms with E-state index >= 15 is 0 Å². The van der Waals surface area contributed by atoms with Crippen LogP contribution in [0.15, 0.2) is 9.98 Å². The molecule has 0 radical (unpaired) electrons. The van der Waals surface area contributed by atoms with Gasteiger partial charge in [0.05, 0.1) is 5.92 Å². The van der Waals surface area contributed by atoms with Crippen molar-refractivity contribution >= 4 is 12.4 Å². The van der Waals surface area contributed by atoms with Gasteiger partial charge < -0.3 is 0 Å². The summed E-state index contributed by atoms with van der Waals surface area (Å²) in [5.41, 5.74) is 0. The van der Waals surface area contributed by atoms with Gasteiger partial charge in [0.25, 0.3) is 0 Å². The zero-order chi connectivity index (χ0) is 18.0. The lowest BCUT2D eigenvalue weighted by Gasteiger charge is -2.11. The Morgan fingerprint density at radius 1 is 0.600 bits per heavy atom. The molecule has 0 aromatic heterocycles. The minimum absolute atomic E-state index is 0.581. The molecule has 144 valence electrons. The zero-order valence-corrected chi connectivity index (χ0v) is 17.1. The van der Waals surface area contributed by atoms with Gasteiger partial charge in [0.1, 0.15) is 0 Å². The van der Waals surface area contributed by atoms with Crippen LogP contribution in [0.3, 0.4) is 0 Å². The molecule has 1 aliphatic rings. The van der Waals surface area contributed by atoms with Crippen LogP contribution in [0, 0.1) is 12.1 Å². The van der Waals surface area contributed by atoms with E-state index in [4.69, 9.17) is 0 Å². The first-order chi connectivity index (χ1) is 12.4. The van der Waals surface area contributed by atoms with Crippen molar-refractivity contribution in [3.8, 4) is 0 Å². The molecular formula is C23H43N2+. The molecule has 0 aromatic carbocycles. The fourth-order valence-corrected chi connectivity index (χ4v) is 3.74. The van der Waals surface area contributed by atoms with E-state index in [1.165, 1.54) is 109 Å². The van der Waals surface area contributed by atoms with Gasteiger partial charge in [-0.3, -0.25) is 0 Å². The minimum Gasteiger partial charge on any atom is -0.0965 e. The summed E-state index contributed by atoms with van der Waals surface area (Å²) in [6.07, 6.45) is 28.6. The summed E-state index contributed by atoms with van der Waals surface area (Å²) in [5, 5.41) is 0. The van der Waals surface area contributed by atoms with Crippen molar-refractivity contribution in [1.29, 1.82) is 0 Å². The summed E-state index contributed by atoms with van der Waals surface area (Å²) >= 11 is 0. The Labute approximate surface area is 158 Å². The molecule has 1 unspecified atom stereocenters.